The molecule has 41 heavy (non-hydrogen) atoms. The number of nitrogens with two attached hydrogens (primary N) is 2. The number of rotatable bonds is 10. The summed E-state index contributed by atoms with van der Waals surface area (Å²) in [6.07, 6.45) is -1.01. The Bertz CT molecular complexity index is 1470. The summed E-state index contributed by atoms with van der Waals surface area (Å²) < 4.78 is 11.7. The van der Waals surface area contributed by atoms with Gasteiger partial charge in [0.2, 0.25) is 11.8 Å². The number of esters is 1. The van der Waals surface area contributed by atoms with E-state index in [0.29, 0.717) is 10.6 Å². The molecule has 2 atom stereocenters. The molecule has 0 bridgehead atoms. The molecule has 2 aromatic carbocycles. The van der Waals surface area contributed by atoms with E-state index in [1.165, 1.54) is 35.1 Å². The van der Waals surface area contributed by atoms with Crippen LogP contribution in [0, 0.1) is 0 Å². The fourth-order valence-electron chi connectivity index (χ4n) is 4.92. The van der Waals surface area contributed by atoms with E-state index in [-0.39, 0.29) is 24.3 Å². The summed E-state index contributed by atoms with van der Waals surface area (Å²) in [7, 11) is 1.32. The van der Waals surface area contributed by atoms with Crippen LogP contribution in [0.15, 0.2) is 84.1 Å². The second kappa shape index (κ2) is 11.8. The third-order valence-corrected chi connectivity index (χ3v) is 9.07. The van der Waals surface area contributed by atoms with E-state index in [0.717, 1.165) is 16.0 Å². The quantitative estimate of drug-likeness (QED) is 0.185. The molecule has 3 heterocycles. The SMILES string of the molecule is CO[C@@]1(NC(=O)Cc2ccc(N)s2)C(=O)N2C(C(=O)OC(c3ccccc3)c3ccccc3)=C(CC(N)=O)CS[C@@H]21. The molecular weight excluding hydrogens is 564 g/mol. The largest absolute Gasteiger partial charge is 0.448 e. The van der Waals surface area contributed by atoms with E-state index in [1.807, 2.05) is 60.7 Å². The Morgan fingerprint density at radius 2 is 1.66 bits per heavy atom. The number of nitrogens with zero attached hydrogens (tertiary/aromatic N) is 1. The average Bonchev–Trinajstić information content (AvgIpc) is 3.38. The maximum Gasteiger partial charge on any atom is 0.356 e. The summed E-state index contributed by atoms with van der Waals surface area (Å²) in [4.78, 5) is 54.4. The first-order chi connectivity index (χ1) is 19.7. The van der Waals surface area contributed by atoms with Gasteiger partial charge in [0.1, 0.15) is 11.1 Å². The first kappa shape index (κ1) is 28.4. The number of nitrogen functional groups attached to an aromatic ring is 1. The number of thiophene rings is 1. The van der Waals surface area contributed by atoms with Crippen LogP contribution in [0.3, 0.4) is 0 Å². The van der Waals surface area contributed by atoms with Gasteiger partial charge < -0.3 is 26.3 Å². The summed E-state index contributed by atoms with van der Waals surface area (Å²) >= 11 is 2.53. The number of β-lactam (4-membered cyclic amide) rings is 1. The third-order valence-electron chi connectivity index (χ3n) is 6.78. The zero-order valence-corrected chi connectivity index (χ0v) is 23.7. The lowest BCUT2D eigenvalue weighted by atomic mass is 9.96. The highest BCUT2D eigenvalue weighted by atomic mass is 32.2. The number of fused-ring (bicyclic) bond motifs is 1. The van der Waals surface area contributed by atoms with Crippen molar-refractivity contribution in [1.29, 1.82) is 0 Å². The summed E-state index contributed by atoms with van der Waals surface area (Å²) in [6.45, 7) is 0. The van der Waals surface area contributed by atoms with Gasteiger partial charge in [0, 0.05) is 17.7 Å². The van der Waals surface area contributed by atoms with Crippen molar-refractivity contribution in [1.82, 2.24) is 10.2 Å². The molecule has 0 saturated carbocycles. The number of amides is 3. The molecule has 2 aliphatic heterocycles. The van der Waals surface area contributed by atoms with E-state index in [4.69, 9.17) is 20.9 Å². The highest BCUT2D eigenvalue weighted by Crippen LogP contribution is 2.48. The standard InChI is InChI=1S/C29H28N4O6S2/c1-38-29(32-23(35)15-20-12-13-22(31)41-20)27(37)33-24(19(14-21(30)34)16-40-28(29)33)26(36)39-25(17-8-4-2-5-9-17)18-10-6-3-7-11-18/h2-13,25,28H,14-16,31H2,1H3,(H2,30,34)(H,32,35)/t28-,29+/m1/s1. The van der Waals surface area contributed by atoms with E-state index in [2.05, 4.69) is 5.32 Å². The Kier molecular flexibility index (Phi) is 8.15. The number of nitrogens with one attached hydrogen (secondary N) is 1. The van der Waals surface area contributed by atoms with E-state index >= 15 is 0 Å². The number of ether oxygens (including phenoxy) is 2. The molecule has 212 valence electrons. The summed E-state index contributed by atoms with van der Waals surface area (Å²) in [6, 6.07) is 21.9. The van der Waals surface area contributed by atoms with E-state index in [9.17, 15) is 19.2 Å². The van der Waals surface area contributed by atoms with Crippen LogP contribution in [0.25, 0.3) is 0 Å². The lowest BCUT2D eigenvalue weighted by molar-refractivity contribution is -0.193. The minimum Gasteiger partial charge on any atom is -0.448 e. The molecule has 2 aliphatic rings. The van der Waals surface area contributed by atoms with Gasteiger partial charge in [0.15, 0.2) is 6.10 Å². The van der Waals surface area contributed by atoms with Crippen molar-refractivity contribution < 1.29 is 28.7 Å². The lowest BCUT2D eigenvalue weighted by Crippen LogP contribution is -2.80. The Morgan fingerprint density at radius 3 is 2.20 bits per heavy atom. The number of anilines is 1. The van der Waals surface area contributed by atoms with Crippen LogP contribution in [0.2, 0.25) is 0 Å². The molecule has 0 spiro atoms. The first-order valence-electron chi connectivity index (χ1n) is 12.7. The molecule has 3 amide bonds. The van der Waals surface area contributed by atoms with Crippen LogP contribution in [0.1, 0.15) is 28.5 Å². The number of thioether (sulfide) groups is 1. The minimum atomic E-state index is -1.70. The van der Waals surface area contributed by atoms with Crippen molar-refractivity contribution in [3.63, 3.8) is 0 Å². The Balaban J connectivity index is 1.44. The van der Waals surface area contributed by atoms with Crippen molar-refractivity contribution in [2.75, 3.05) is 18.6 Å². The summed E-state index contributed by atoms with van der Waals surface area (Å²) in [5, 5.41) is 2.52. The van der Waals surface area contributed by atoms with Crippen molar-refractivity contribution in [2.45, 2.75) is 30.0 Å². The number of hydrogen-bond acceptors (Lipinski definition) is 9. The highest BCUT2D eigenvalue weighted by Gasteiger charge is 2.66. The topological polar surface area (TPSA) is 154 Å². The maximum absolute atomic E-state index is 13.9. The smallest absolute Gasteiger partial charge is 0.356 e. The zero-order valence-electron chi connectivity index (χ0n) is 22.1. The molecule has 0 radical (unpaired) electrons. The van der Waals surface area contributed by atoms with Crippen LogP contribution in [-0.2, 0) is 35.1 Å². The number of carbonyl (C=O) groups is 4. The Morgan fingerprint density at radius 1 is 1.02 bits per heavy atom. The van der Waals surface area contributed by atoms with Crippen molar-refractivity contribution in [3.05, 3.63) is 100 Å². The number of primary amides is 1. The molecule has 1 aromatic heterocycles. The number of carbonyl (C=O) groups excluding carboxylic acids is 4. The van der Waals surface area contributed by atoms with Gasteiger partial charge in [-0.1, -0.05) is 60.7 Å². The fourth-order valence-corrected chi connectivity index (χ4v) is 7.14. The highest BCUT2D eigenvalue weighted by molar-refractivity contribution is 8.00. The molecule has 0 unspecified atom stereocenters. The lowest BCUT2D eigenvalue weighted by Gasteiger charge is -2.56. The van der Waals surface area contributed by atoms with Gasteiger partial charge in [-0.3, -0.25) is 19.3 Å². The van der Waals surface area contributed by atoms with Crippen LogP contribution >= 0.6 is 23.1 Å². The van der Waals surface area contributed by atoms with Crippen LogP contribution in [0.5, 0.6) is 0 Å². The van der Waals surface area contributed by atoms with E-state index < -0.39 is 40.9 Å². The van der Waals surface area contributed by atoms with Gasteiger partial charge in [-0.05, 0) is 28.8 Å². The van der Waals surface area contributed by atoms with Crippen molar-refractivity contribution in [3.8, 4) is 0 Å². The van der Waals surface area contributed by atoms with E-state index in [1.54, 1.807) is 12.1 Å². The van der Waals surface area contributed by atoms with Gasteiger partial charge in [-0.2, -0.15) is 0 Å². The first-order valence-corrected chi connectivity index (χ1v) is 14.6. The minimum absolute atomic E-state index is 0.00510. The average molecular weight is 593 g/mol. The van der Waals surface area contributed by atoms with Gasteiger partial charge >= 0.3 is 5.97 Å². The molecular formula is C29H28N4O6S2. The molecule has 3 aromatic rings. The number of benzene rings is 2. The van der Waals surface area contributed by atoms with Gasteiger partial charge in [0.05, 0.1) is 17.8 Å². The Labute approximate surface area is 244 Å². The second-order valence-electron chi connectivity index (χ2n) is 9.51. The molecule has 0 aliphatic carbocycles. The van der Waals surface area contributed by atoms with Crippen LogP contribution in [0.4, 0.5) is 5.00 Å². The molecule has 12 heteroatoms. The van der Waals surface area contributed by atoms with Crippen LogP contribution < -0.4 is 16.8 Å². The van der Waals surface area contributed by atoms with Gasteiger partial charge in [0.25, 0.3) is 11.6 Å². The van der Waals surface area contributed by atoms with Crippen molar-refractivity contribution in [2.24, 2.45) is 5.73 Å². The molecule has 1 fully saturated rings. The predicted octanol–water partition coefficient (Wildman–Crippen LogP) is 2.71. The molecule has 1 saturated heterocycles. The maximum atomic E-state index is 13.9. The van der Waals surface area contributed by atoms with Gasteiger partial charge in [-0.15, -0.1) is 23.1 Å². The predicted molar refractivity (Wildman–Crippen MR) is 155 cm³/mol. The zero-order chi connectivity index (χ0) is 29.1. The number of hydrogen-bond donors (Lipinski definition) is 3. The normalized spacial score (nSPS) is 19.9. The third kappa shape index (κ3) is 5.58. The fraction of sp³-hybridized carbons (Fsp3) is 0.241. The second-order valence-corrected chi connectivity index (χ2v) is 11.8. The summed E-state index contributed by atoms with van der Waals surface area (Å²) in [5.41, 5.74) is 11.3. The van der Waals surface area contributed by atoms with Crippen molar-refractivity contribution >= 4 is 51.8 Å². The Hall–Kier alpha value is -4.13. The number of methoxy groups -OCH3 is 1. The molecule has 5 N–H and O–H groups in total. The monoisotopic (exact) mass is 592 g/mol. The molecule has 5 rings (SSSR count). The summed E-state index contributed by atoms with van der Waals surface area (Å²) in [5.74, 6) is -2.33. The van der Waals surface area contributed by atoms with Gasteiger partial charge in [-0.25, -0.2) is 4.79 Å². The molecule has 10 nitrogen and oxygen atoms in total. The van der Waals surface area contributed by atoms with Crippen LogP contribution in [-0.4, -0.2) is 52.6 Å².